The van der Waals surface area contributed by atoms with Crippen molar-refractivity contribution in [2.75, 3.05) is 13.1 Å². The third-order valence-electron chi connectivity index (χ3n) is 4.49. The van der Waals surface area contributed by atoms with Gasteiger partial charge in [-0.3, -0.25) is 10.2 Å². The Kier molecular flexibility index (Phi) is 5.98. The minimum Gasteiger partial charge on any atom is -0.411 e. The van der Waals surface area contributed by atoms with Gasteiger partial charge >= 0.3 is 0 Å². The van der Waals surface area contributed by atoms with Gasteiger partial charge in [-0.2, -0.15) is 5.90 Å². The second kappa shape index (κ2) is 7.97. The number of nitrogens with one attached hydrogen (secondary N) is 2. The monoisotopic (exact) mass is 330 g/mol. The number of aryl methyl sites for hydroxylation is 1. The third-order valence-corrected chi connectivity index (χ3v) is 4.49. The zero-order chi connectivity index (χ0) is 17.7. The summed E-state index contributed by atoms with van der Waals surface area (Å²) in [5, 5.41) is 11.0. The molecular formula is C18H26N4O2. The molecule has 0 saturated carbocycles. The van der Waals surface area contributed by atoms with E-state index in [4.69, 9.17) is 16.1 Å². The highest BCUT2D eigenvalue weighted by molar-refractivity contribution is 6.02. The van der Waals surface area contributed by atoms with Gasteiger partial charge in [-0.05, 0) is 61.9 Å². The van der Waals surface area contributed by atoms with Crippen molar-refractivity contribution in [1.29, 1.82) is 5.41 Å². The number of hydrogen-bond donors (Lipinski definition) is 3. The van der Waals surface area contributed by atoms with Gasteiger partial charge in [0.2, 0.25) is 5.91 Å². The van der Waals surface area contributed by atoms with Crippen LogP contribution < -0.4 is 16.1 Å². The van der Waals surface area contributed by atoms with Crippen LogP contribution in [0.2, 0.25) is 0 Å². The van der Waals surface area contributed by atoms with Crippen molar-refractivity contribution in [1.82, 2.24) is 10.2 Å². The molecular weight excluding hydrogens is 304 g/mol. The molecule has 0 bridgehead atoms. The molecule has 6 nitrogen and oxygen atoms in total. The largest absolute Gasteiger partial charge is 0.411 e. The van der Waals surface area contributed by atoms with Crippen LogP contribution in [0, 0.1) is 19.3 Å². The highest BCUT2D eigenvalue weighted by Crippen LogP contribution is 2.23. The van der Waals surface area contributed by atoms with Crippen LogP contribution in [0.5, 0.6) is 5.75 Å². The maximum Gasteiger partial charge on any atom is 0.244 e. The molecule has 1 heterocycles. The van der Waals surface area contributed by atoms with Crippen LogP contribution in [0.4, 0.5) is 0 Å². The molecule has 6 heteroatoms. The minimum atomic E-state index is -0.200. The molecule has 130 valence electrons. The number of rotatable bonds is 5. The van der Waals surface area contributed by atoms with Gasteiger partial charge in [0.15, 0.2) is 0 Å². The Bertz CT molecular complexity index is 661. The Hall–Kier alpha value is -2.34. The highest BCUT2D eigenvalue weighted by atomic mass is 16.6. The van der Waals surface area contributed by atoms with Gasteiger partial charge < -0.3 is 15.1 Å². The minimum absolute atomic E-state index is 0.200. The molecule has 0 radical (unpaired) electrons. The van der Waals surface area contributed by atoms with E-state index in [1.54, 1.807) is 6.92 Å². The maximum atomic E-state index is 12.2. The first-order valence-electron chi connectivity index (χ1n) is 8.20. The van der Waals surface area contributed by atoms with Gasteiger partial charge in [0.25, 0.3) is 0 Å². The molecule has 0 aromatic heterocycles. The molecule has 0 spiro atoms. The Balaban J connectivity index is 2.00. The Morgan fingerprint density at radius 1 is 1.38 bits per heavy atom. The molecule has 0 atom stereocenters. The van der Waals surface area contributed by atoms with Crippen molar-refractivity contribution >= 4 is 11.7 Å². The maximum absolute atomic E-state index is 12.2. The van der Waals surface area contributed by atoms with E-state index in [0.29, 0.717) is 23.7 Å². The van der Waals surface area contributed by atoms with E-state index >= 15 is 0 Å². The second-order valence-electron chi connectivity index (χ2n) is 6.19. The number of hydrogen-bond acceptors (Lipinski definition) is 4. The summed E-state index contributed by atoms with van der Waals surface area (Å²) in [6, 6.07) is 3.73. The molecule has 1 saturated heterocycles. The first-order chi connectivity index (χ1) is 11.4. The fraction of sp³-hybridized carbons (Fsp3) is 0.444. The average Bonchev–Trinajstić information content (AvgIpc) is 3.08. The summed E-state index contributed by atoms with van der Waals surface area (Å²) in [7, 11) is 0. The number of likely N-dealkylation sites (tertiary alicyclic amines) is 1. The van der Waals surface area contributed by atoms with Gasteiger partial charge in [-0.15, -0.1) is 0 Å². The molecule has 24 heavy (non-hydrogen) atoms. The number of amides is 1. The summed E-state index contributed by atoms with van der Waals surface area (Å²) < 4.78 is 0. The van der Waals surface area contributed by atoms with Crippen molar-refractivity contribution < 1.29 is 9.63 Å². The lowest BCUT2D eigenvalue weighted by molar-refractivity contribution is -0.116. The van der Waals surface area contributed by atoms with E-state index in [-0.39, 0.29) is 5.91 Å². The van der Waals surface area contributed by atoms with Crippen LogP contribution in [0.15, 0.2) is 23.8 Å². The third kappa shape index (κ3) is 4.14. The topological polar surface area (TPSA) is 91.4 Å². The van der Waals surface area contributed by atoms with Gasteiger partial charge in [-0.25, -0.2) is 0 Å². The summed E-state index contributed by atoms with van der Waals surface area (Å²) in [5.41, 5.74) is 3.66. The summed E-state index contributed by atoms with van der Waals surface area (Å²) in [4.78, 5) is 19.0. The Labute approximate surface area is 143 Å². The van der Waals surface area contributed by atoms with Crippen LogP contribution in [0.25, 0.3) is 0 Å². The quantitative estimate of drug-likeness (QED) is 0.334. The number of nitrogens with two attached hydrogens (primary N) is 1. The predicted octanol–water partition coefficient (Wildman–Crippen LogP) is 2.19. The molecule has 1 aliphatic rings. The predicted molar refractivity (Wildman–Crippen MR) is 94.9 cm³/mol. The fourth-order valence-electron chi connectivity index (χ4n) is 2.95. The molecule has 1 aromatic carbocycles. The van der Waals surface area contributed by atoms with E-state index in [0.717, 1.165) is 42.6 Å². The number of carbonyl (C=O) groups excluding carboxylic acids is 1. The van der Waals surface area contributed by atoms with E-state index in [2.05, 4.69) is 5.32 Å². The lowest BCUT2D eigenvalue weighted by Crippen LogP contribution is -2.29. The van der Waals surface area contributed by atoms with Crippen LogP contribution in [0.3, 0.4) is 0 Å². The standard InChI is InChI=1S/C18H26N4O2/c1-12-6-7-16(24-20)14(3)15(12)11-21-17(23)10-13(2)18(19)22-8-4-5-9-22/h6-7,10,19H,4-5,8-9,11,20H2,1-3H3,(H,21,23)/b13-10-,19-18?. The number of amidine groups is 1. The van der Waals surface area contributed by atoms with Crippen molar-refractivity contribution in [3.63, 3.8) is 0 Å². The van der Waals surface area contributed by atoms with Gasteiger partial charge in [-0.1, -0.05) is 6.07 Å². The average molecular weight is 330 g/mol. The first kappa shape index (κ1) is 18.0. The molecule has 1 aromatic rings. The van der Waals surface area contributed by atoms with Crippen LogP contribution in [0.1, 0.15) is 36.5 Å². The summed E-state index contributed by atoms with van der Waals surface area (Å²) in [6.07, 6.45) is 3.72. The molecule has 2 rings (SSSR count). The SMILES string of the molecule is C/C(=C/C(=O)NCc1c(C)ccc(ON)c1C)C(=N)N1CCCC1. The van der Waals surface area contributed by atoms with Gasteiger partial charge in [0.05, 0.1) is 0 Å². The summed E-state index contributed by atoms with van der Waals surface area (Å²) >= 11 is 0. The van der Waals surface area contributed by atoms with Gasteiger partial charge in [0.1, 0.15) is 11.6 Å². The molecule has 0 aliphatic carbocycles. The van der Waals surface area contributed by atoms with Crippen molar-refractivity contribution in [2.45, 2.75) is 40.2 Å². The lowest BCUT2D eigenvalue weighted by Gasteiger charge is -2.18. The Morgan fingerprint density at radius 2 is 2.04 bits per heavy atom. The second-order valence-corrected chi connectivity index (χ2v) is 6.19. The van der Waals surface area contributed by atoms with E-state index in [1.807, 2.05) is 30.9 Å². The van der Waals surface area contributed by atoms with E-state index in [1.165, 1.54) is 6.08 Å². The number of carbonyl (C=O) groups is 1. The number of nitrogens with zero attached hydrogens (tertiary/aromatic N) is 1. The van der Waals surface area contributed by atoms with Crippen LogP contribution >= 0.6 is 0 Å². The van der Waals surface area contributed by atoms with Gasteiger partial charge in [0, 0.05) is 25.7 Å². The molecule has 4 N–H and O–H groups in total. The molecule has 0 unspecified atom stereocenters. The normalized spacial score (nSPS) is 14.7. The van der Waals surface area contributed by atoms with Crippen molar-refractivity contribution in [3.05, 3.63) is 40.5 Å². The van der Waals surface area contributed by atoms with Crippen LogP contribution in [-0.4, -0.2) is 29.7 Å². The fourth-order valence-corrected chi connectivity index (χ4v) is 2.95. The lowest BCUT2D eigenvalue weighted by atomic mass is 10.0. The highest BCUT2D eigenvalue weighted by Gasteiger charge is 2.16. The van der Waals surface area contributed by atoms with Crippen molar-refractivity contribution in [3.8, 4) is 5.75 Å². The zero-order valence-electron chi connectivity index (χ0n) is 14.6. The summed E-state index contributed by atoms with van der Waals surface area (Å²) in [6.45, 7) is 7.90. The molecule has 1 amide bonds. The van der Waals surface area contributed by atoms with Crippen molar-refractivity contribution in [2.24, 2.45) is 5.90 Å². The summed E-state index contributed by atoms with van der Waals surface area (Å²) in [5.74, 6) is 6.10. The van der Waals surface area contributed by atoms with E-state index in [9.17, 15) is 4.79 Å². The smallest absolute Gasteiger partial charge is 0.244 e. The molecule has 1 fully saturated rings. The zero-order valence-corrected chi connectivity index (χ0v) is 14.6. The van der Waals surface area contributed by atoms with Crippen LogP contribution in [-0.2, 0) is 11.3 Å². The number of benzene rings is 1. The Morgan fingerprint density at radius 3 is 2.67 bits per heavy atom. The van der Waals surface area contributed by atoms with E-state index < -0.39 is 0 Å². The first-order valence-corrected chi connectivity index (χ1v) is 8.20. The molecule has 1 aliphatic heterocycles.